The van der Waals surface area contributed by atoms with E-state index in [1.54, 1.807) is 9.58 Å². The van der Waals surface area contributed by atoms with E-state index in [1.807, 2.05) is 51.2 Å². The Morgan fingerprint density at radius 2 is 1.85 bits per heavy atom. The van der Waals surface area contributed by atoms with Gasteiger partial charge in [0.05, 0.1) is 5.69 Å². The number of benzene rings is 1. The Kier molecular flexibility index (Phi) is 4.45. The molecule has 1 aromatic carbocycles. The molecule has 0 bridgehead atoms. The summed E-state index contributed by atoms with van der Waals surface area (Å²) in [5.41, 5.74) is 2.36. The van der Waals surface area contributed by atoms with E-state index in [1.165, 1.54) is 0 Å². The SMILES string of the molecule is CCN(CC)C(=O)c1cc(-c2ccc(Cl)cc2)n(C)n1. The summed E-state index contributed by atoms with van der Waals surface area (Å²) >= 11 is 5.89. The van der Waals surface area contributed by atoms with E-state index in [9.17, 15) is 4.79 Å². The van der Waals surface area contributed by atoms with Crippen LogP contribution in [0.3, 0.4) is 0 Å². The second kappa shape index (κ2) is 6.09. The highest BCUT2D eigenvalue weighted by atomic mass is 35.5. The minimum atomic E-state index is -0.0363. The fourth-order valence-electron chi connectivity index (χ4n) is 2.14. The molecule has 0 aliphatic carbocycles. The van der Waals surface area contributed by atoms with E-state index in [0.29, 0.717) is 23.8 Å². The molecule has 1 amide bonds. The van der Waals surface area contributed by atoms with Crippen molar-refractivity contribution < 1.29 is 4.79 Å². The van der Waals surface area contributed by atoms with E-state index in [2.05, 4.69) is 5.10 Å². The van der Waals surface area contributed by atoms with Crippen LogP contribution in [0.1, 0.15) is 24.3 Å². The molecule has 0 fully saturated rings. The Morgan fingerprint density at radius 1 is 1.25 bits per heavy atom. The molecular formula is C15H18ClN3O. The van der Waals surface area contributed by atoms with Crippen molar-refractivity contribution in [2.75, 3.05) is 13.1 Å². The van der Waals surface area contributed by atoms with Gasteiger partial charge in [0, 0.05) is 25.2 Å². The first kappa shape index (κ1) is 14.6. The lowest BCUT2D eigenvalue weighted by Gasteiger charge is -2.16. The molecule has 0 unspecified atom stereocenters. The zero-order valence-corrected chi connectivity index (χ0v) is 12.7. The van der Waals surface area contributed by atoms with Crippen molar-refractivity contribution in [2.24, 2.45) is 7.05 Å². The predicted molar refractivity (Wildman–Crippen MR) is 80.9 cm³/mol. The molecule has 5 heteroatoms. The van der Waals surface area contributed by atoms with Crippen LogP contribution in [-0.4, -0.2) is 33.7 Å². The maximum atomic E-state index is 12.3. The lowest BCUT2D eigenvalue weighted by atomic mass is 10.1. The molecule has 1 heterocycles. The van der Waals surface area contributed by atoms with Gasteiger partial charge in [-0.3, -0.25) is 9.48 Å². The molecule has 20 heavy (non-hydrogen) atoms. The van der Waals surface area contributed by atoms with Gasteiger partial charge in [0.1, 0.15) is 0 Å². The first-order chi connectivity index (χ1) is 9.56. The Balaban J connectivity index is 2.34. The lowest BCUT2D eigenvalue weighted by molar-refractivity contribution is 0.0766. The van der Waals surface area contributed by atoms with Crippen LogP contribution in [-0.2, 0) is 7.05 Å². The molecule has 2 aromatic rings. The number of carbonyl (C=O) groups is 1. The Labute approximate surface area is 124 Å². The van der Waals surface area contributed by atoms with Crippen LogP contribution in [0.2, 0.25) is 5.02 Å². The van der Waals surface area contributed by atoms with Crippen molar-refractivity contribution in [1.29, 1.82) is 0 Å². The molecule has 2 rings (SSSR count). The van der Waals surface area contributed by atoms with Crippen LogP contribution >= 0.6 is 11.6 Å². The molecule has 0 radical (unpaired) electrons. The summed E-state index contributed by atoms with van der Waals surface area (Å²) in [5.74, 6) is -0.0363. The van der Waals surface area contributed by atoms with Crippen molar-refractivity contribution >= 4 is 17.5 Å². The van der Waals surface area contributed by atoms with Gasteiger partial charge in [0.2, 0.25) is 0 Å². The maximum absolute atomic E-state index is 12.3. The monoisotopic (exact) mass is 291 g/mol. The van der Waals surface area contributed by atoms with Gasteiger partial charge in [0.15, 0.2) is 5.69 Å². The van der Waals surface area contributed by atoms with E-state index in [0.717, 1.165) is 11.3 Å². The Morgan fingerprint density at radius 3 is 2.40 bits per heavy atom. The second-order valence-electron chi connectivity index (χ2n) is 4.52. The number of aromatic nitrogens is 2. The smallest absolute Gasteiger partial charge is 0.274 e. The maximum Gasteiger partial charge on any atom is 0.274 e. The standard InChI is InChI=1S/C15H18ClN3O/c1-4-19(5-2)15(20)13-10-14(18(3)17-13)11-6-8-12(16)9-7-11/h6-10H,4-5H2,1-3H3. The number of hydrogen-bond acceptors (Lipinski definition) is 2. The van der Waals surface area contributed by atoms with Crippen LogP contribution in [0.15, 0.2) is 30.3 Å². The predicted octanol–water partition coefficient (Wildman–Crippen LogP) is 3.22. The summed E-state index contributed by atoms with van der Waals surface area (Å²) in [7, 11) is 1.84. The Bertz CT molecular complexity index is 600. The van der Waals surface area contributed by atoms with Gasteiger partial charge in [-0.1, -0.05) is 23.7 Å². The van der Waals surface area contributed by atoms with Gasteiger partial charge in [-0.2, -0.15) is 5.10 Å². The fraction of sp³-hybridized carbons (Fsp3) is 0.333. The molecular weight excluding hydrogens is 274 g/mol. The number of nitrogens with zero attached hydrogens (tertiary/aromatic N) is 3. The summed E-state index contributed by atoms with van der Waals surface area (Å²) in [5, 5.41) is 5.01. The van der Waals surface area contributed by atoms with Crippen LogP contribution in [0.5, 0.6) is 0 Å². The summed E-state index contributed by atoms with van der Waals surface area (Å²) in [6.45, 7) is 5.29. The number of carbonyl (C=O) groups excluding carboxylic acids is 1. The van der Waals surface area contributed by atoms with Gasteiger partial charge in [0.25, 0.3) is 5.91 Å². The molecule has 0 N–H and O–H groups in total. The molecule has 0 atom stereocenters. The largest absolute Gasteiger partial charge is 0.338 e. The number of aryl methyl sites for hydroxylation is 1. The zero-order valence-electron chi connectivity index (χ0n) is 11.9. The van der Waals surface area contributed by atoms with Gasteiger partial charge in [-0.25, -0.2) is 0 Å². The van der Waals surface area contributed by atoms with Crippen molar-refractivity contribution in [3.8, 4) is 11.3 Å². The van der Waals surface area contributed by atoms with Crippen LogP contribution in [0, 0.1) is 0 Å². The minimum absolute atomic E-state index is 0.0363. The number of hydrogen-bond donors (Lipinski definition) is 0. The number of rotatable bonds is 4. The molecule has 0 spiro atoms. The fourth-order valence-corrected chi connectivity index (χ4v) is 2.26. The van der Waals surface area contributed by atoms with Gasteiger partial charge in [-0.05, 0) is 37.6 Å². The molecule has 106 valence electrons. The third-order valence-electron chi connectivity index (χ3n) is 3.29. The van der Waals surface area contributed by atoms with Crippen molar-refractivity contribution in [1.82, 2.24) is 14.7 Å². The highest BCUT2D eigenvalue weighted by Crippen LogP contribution is 2.22. The average Bonchev–Trinajstić information content (AvgIpc) is 2.83. The first-order valence-corrected chi connectivity index (χ1v) is 7.03. The first-order valence-electron chi connectivity index (χ1n) is 6.66. The van der Waals surface area contributed by atoms with Crippen LogP contribution in [0.25, 0.3) is 11.3 Å². The highest BCUT2D eigenvalue weighted by molar-refractivity contribution is 6.30. The Hall–Kier alpha value is -1.81. The molecule has 0 aliphatic heterocycles. The average molecular weight is 292 g/mol. The van der Waals surface area contributed by atoms with Crippen LogP contribution < -0.4 is 0 Å². The van der Waals surface area contributed by atoms with Crippen LogP contribution in [0.4, 0.5) is 0 Å². The molecule has 1 aromatic heterocycles. The van der Waals surface area contributed by atoms with Crippen molar-refractivity contribution in [3.63, 3.8) is 0 Å². The van der Waals surface area contributed by atoms with Gasteiger partial charge in [-0.15, -0.1) is 0 Å². The minimum Gasteiger partial charge on any atom is -0.338 e. The summed E-state index contributed by atoms with van der Waals surface area (Å²) < 4.78 is 1.72. The lowest BCUT2D eigenvalue weighted by Crippen LogP contribution is -2.30. The van der Waals surface area contributed by atoms with Crippen molar-refractivity contribution in [2.45, 2.75) is 13.8 Å². The van der Waals surface area contributed by atoms with Gasteiger partial charge >= 0.3 is 0 Å². The third-order valence-corrected chi connectivity index (χ3v) is 3.54. The molecule has 0 saturated heterocycles. The van der Waals surface area contributed by atoms with E-state index >= 15 is 0 Å². The summed E-state index contributed by atoms with van der Waals surface area (Å²) in [6, 6.07) is 9.32. The quantitative estimate of drug-likeness (QED) is 0.867. The third kappa shape index (κ3) is 2.85. The molecule has 0 saturated carbocycles. The second-order valence-corrected chi connectivity index (χ2v) is 4.96. The normalized spacial score (nSPS) is 10.6. The van der Waals surface area contributed by atoms with E-state index in [4.69, 9.17) is 11.6 Å². The van der Waals surface area contributed by atoms with Crippen molar-refractivity contribution in [3.05, 3.63) is 41.0 Å². The topological polar surface area (TPSA) is 38.1 Å². The van der Waals surface area contributed by atoms with Gasteiger partial charge < -0.3 is 4.90 Å². The number of amides is 1. The highest BCUT2D eigenvalue weighted by Gasteiger charge is 2.18. The van der Waals surface area contributed by atoms with E-state index < -0.39 is 0 Å². The zero-order chi connectivity index (χ0) is 14.7. The summed E-state index contributed by atoms with van der Waals surface area (Å²) in [6.07, 6.45) is 0. The number of halogens is 1. The molecule has 0 aliphatic rings. The van der Waals surface area contributed by atoms with E-state index in [-0.39, 0.29) is 5.91 Å². The summed E-state index contributed by atoms with van der Waals surface area (Å²) in [4.78, 5) is 14.0. The molecule has 4 nitrogen and oxygen atoms in total.